The maximum atomic E-state index is 13.2. The number of cyclic esters (lactones) is 1. The molecule has 0 aromatic heterocycles. The molecule has 0 spiro atoms. The van der Waals surface area contributed by atoms with E-state index >= 15 is 0 Å². The normalized spacial score (nSPS) is 26.8. The summed E-state index contributed by atoms with van der Waals surface area (Å²) in [5.74, 6) is -2.19. The molecule has 1 aromatic rings. The molecule has 1 atom stereocenters. The molecule has 4 aliphatic rings. The Kier molecular flexibility index (Phi) is 3.80. The van der Waals surface area contributed by atoms with E-state index < -0.39 is 37.7 Å². The maximum absolute atomic E-state index is 13.2. The molecule has 0 bridgehead atoms. The monoisotopic (exact) mass is 425 g/mol. The van der Waals surface area contributed by atoms with Crippen molar-refractivity contribution in [2.75, 3.05) is 12.3 Å². The number of carbonyl (C=O) groups is 3. The van der Waals surface area contributed by atoms with Gasteiger partial charge in [-0.25, -0.2) is 13.2 Å². The Morgan fingerprint density at radius 1 is 1.07 bits per heavy atom. The quantitative estimate of drug-likeness (QED) is 0.636. The van der Waals surface area contributed by atoms with E-state index in [2.05, 4.69) is 11.4 Å². The molecule has 154 valence electrons. The lowest BCUT2D eigenvalue weighted by Gasteiger charge is -2.36. The fraction of sp³-hybridized carbons (Fsp3) is 0.318. The van der Waals surface area contributed by atoms with Crippen molar-refractivity contribution in [3.63, 3.8) is 0 Å². The molecule has 0 fully saturated rings. The molecular formula is C22H19NO6S. The molecule has 7 nitrogen and oxygen atoms in total. The van der Waals surface area contributed by atoms with E-state index in [1.165, 1.54) is 12.3 Å². The van der Waals surface area contributed by atoms with Gasteiger partial charge in [-0.15, -0.1) is 0 Å². The number of ketones is 2. The lowest BCUT2D eigenvalue weighted by atomic mass is 9.66. The highest BCUT2D eigenvalue weighted by atomic mass is 32.2. The van der Waals surface area contributed by atoms with Gasteiger partial charge in [0, 0.05) is 28.7 Å². The second kappa shape index (κ2) is 6.01. The molecule has 0 amide bonds. The van der Waals surface area contributed by atoms with E-state index in [1.54, 1.807) is 6.07 Å². The van der Waals surface area contributed by atoms with E-state index in [0.717, 1.165) is 17.6 Å². The number of fused-ring (bicyclic) bond motifs is 4. The highest BCUT2D eigenvalue weighted by molar-refractivity contribution is 7.96. The van der Waals surface area contributed by atoms with Crippen LogP contribution >= 0.6 is 0 Å². The number of benzene rings is 1. The number of Topliss-reactive ketones (excluding diaryl/α,β-unsaturated/α-hetero) is 2. The van der Waals surface area contributed by atoms with Gasteiger partial charge >= 0.3 is 5.97 Å². The Labute approximate surface area is 173 Å². The Bertz CT molecular complexity index is 1280. The van der Waals surface area contributed by atoms with Crippen LogP contribution in [0.1, 0.15) is 63.3 Å². The van der Waals surface area contributed by atoms with Gasteiger partial charge in [-0.1, -0.05) is 13.0 Å². The number of sulfone groups is 1. The second-order valence-electron chi connectivity index (χ2n) is 8.25. The Morgan fingerprint density at radius 3 is 2.57 bits per heavy atom. The molecular weight excluding hydrogens is 406 g/mol. The molecule has 2 heterocycles. The molecule has 0 radical (unpaired) electrons. The number of rotatable bonds is 0. The largest absolute Gasteiger partial charge is 0.431 e. The third-order valence-corrected chi connectivity index (χ3v) is 8.26. The molecule has 8 heteroatoms. The van der Waals surface area contributed by atoms with Crippen LogP contribution in [0.3, 0.4) is 0 Å². The average molecular weight is 425 g/mol. The molecule has 1 aromatic carbocycles. The predicted molar refractivity (Wildman–Crippen MR) is 108 cm³/mol. The molecule has 2 aliphatic carbocycles. The SMILES string of the molecule is CC1=CCC[C@]2(C)C1=COC(=O)c1cc3c(cc12)C(=O)C1=C(C3=O)S(=O)(=O)CCN1. The van der Waals surface area contributed by atoms with Crippen LogP contribution in [0.2, 0.25) is 0 Å². The van der Waals surface area contributed by atoms with E-state index in [1.807, 2.05) is 13.8 Å². The fourth-order valence-corrected chi connectivity index (χ4v) is 6.32. The zero-order valence-electron chi connectivity index (χ0n) is 16.5. The predicted octanol–water partition coefficient (Wildman–Crippen LogP) is 2.35. The minimum atomic E-state index is -3.88. The third-order valence-electron chi connectivity index (χ3n) is 6.50. The minimum absolute atomic E-state index is 0.0708. The van der Waals surface area contributed by atoms with E-state index in [4.69, 9.17) is 4.74 Å². The van der Waals surface area contributed by atoms with E-state index in [0.29, 0.717) is 12.0 Å². The molecule has 0 saturated carbocycles. The van der Waals surface area contributed by atoms with Crippen molar-refractivity contribution in [1.82, 2.24) is 5.32 Å². The van der Waals surface area contributed by atoms with Crippen LogP contribution in [0.4, 0.5) is 0 Å². The van der Waals surface area contributed by atoms with Gasteiger partial charge in [0.15, 0.2) is 9.84 Å². The molecule has 2 aliphatic heterocycles. The van der Waals surface area contributed by atoms with Gasteiger partial charge in [-0.3, -0.25) is 9.59 Å². The molecule has 30 heavy (non-hydrogen) atoms. The van der Waals surface area contributed by atoms with Crippen molar-refractivity contribution in [3.8, 4) is 0 Å². The van der Waals surface area contributed by atoms with E-state index in [9.17, 15) is 22.8 Å². The summed E-state index contributed by atoms with van der Waals surface area (Å²) in [6, 6.07) is 2.91. The number of allylic oxidation sites excluding steroid dienone is 5. The zero-order chi connectivity index (χ0) is 21.4. The second-order valence-corrected chi connectivity index (χ2v) is 10.3. The van der Waals surface area contributed by atoms with Crippen molar-refractivity contribution in [1.29, 1.82) is 0 Å². The van der Waals surface area contributed by atoms with Crippen LogP contribution in [0.25, 0.3) is 0 Å². The standard InChI is InChI=1S/C22H19NO6S/c1-11-4-3-5-22(2)15-9-13-12(8-14(15)21(26)29-10-16(11)22)19(25)20-17(18(13)24)23-6-7-30(20,27)28/h4,8-10,23H,3,5-7H2,1-2H3/t22-/m0/s1. The topological polar surface area (TPSA) is 107 Å². The summed E-state index contributed by atoms with van der Waals surface area (Å²) < 4.78 is 30.3. The van der Waals surface area contributed by atoms with Crippen molar-refractivity contribution < 1.29 is 27.5 Å². The van der Waals surface area contributed by atoms with Gasteiger partial charge in [-0.2, -0.15) is 0 Å². The lowest BCUT2D eigenvalue weighted by molar-refractivity contribution is 0.0663. The molecule has 1 N–H and O–H groups in total. The van der Waals surface area contributed by atoms with Gasteiger partial charge in [0.05, 0.1) is 17.6 Å². The summed E-state index contributed by atoms with van der Waals surface area (Å²) in [5.41, 5.74) is 1.95. The number of nitrogens with one attached hydrogen (secondary N) is 1. The van der Waals surface area contributed by atoms with Gasteiger partial charge in [0.2, 0.25) is 11.6 Å². The number of hydrogen-bond acceptors (Lipinski definition) is 7. The molecule has 5 rings (SSSR count). The third kappa shape index (κ3) is 2.37. The van der Waals surface area contributed by atoms with Crippen LogP contribution < -0.4 is 5.32 Å². The van der Waals surface area contributed by atoms with Crippen molar-refractivity contribution in [2.24, 2.45) is 0 Å². The highest BCUT2D eigenvalue weighted by Crippen LogP contribution is 2.47. The first kappa shape index (κ1) is 19.0. The fourth-order valence-electron chi connectivity index (χ4n) is 4.88. The minimum Gasteiger partial charge on any atom is -0.431 e. The zero-order valence-corrected chi connectivity index (χ0v) is 17.3. The summed E-state index contributed by atoms with van der Waals surface area (Å²) in [7, 11) is -3.88. The Hall–Kier alpha value is -3.00. The van der Waals surface area contributed by atoms with Crippen LogP contribution in [0.5, 0.6) is 0 Å². The summed E-state index contributed by atoms with van der Waals surface area (Å²) in [6.07, 6.45) is 5.03. The van der Waals surface area contributed by atoms with Crippen LogP contribution in [-0.4, -0.2) is 38.3 Å². The van der Waals surface area contributed by atoms with Crippen molar-refractivity contribution in [3.05, 3.63) is 68.5 Å². The van der Waals surface area contributed by atoms with Crippen molar-refractivity contribution >= 4 is 27.4 Å². The van der Waals surface area contributed by atoms with Gasteiger partial charge in [-0.05, 0) is 43.0 Å². The first-order valence-corrected chi connectivity index (χ1v) is 11.4. The molecule has 0 saturated heterocycles. The van der Waals surface area contributed by atoms with Gasteiger partial charge < -0.3 is 10.1 Å². The first-order chi connectivity index (χ1) is 14.1. The smallest absolute Gasteiger partial charge is 0.343 e. The van der Waals surface area contributed by atoms with E-state index in [-0.39, 0.29) is 34.7 Å². The summed E-state index contributed by atoms with van der Waals surface area (Å²) >= 11 is 0. The van der Waals surface area contributed by atoms with Gasteiger partial charge in [0.1, 0.15) is 10.6 Å². The highest BCUT2D eigenvalue weighted by Gasteiger charge is 2.45. The number of esters is 1. The number of ether oxygens (including phenoxy) is 1. The Morgan fingerprint density at radius 2 is 1.80 bits per heavy atom. The van der Waals surface area contributed by atoms with Crippen LogP contribution in [0.15, 0.2) is 46.2 Å². The first-order valence-electron chi connectivity index (χ1n) is 9.73. The summed E-state index contributed by atoms with van der Waals surface area (Å²) in [4.78, 5) is 38.5. The van der Waals surface area contributed by atoms with Crippen molar-refractivity contribution in [2.45, 2.75) is 32.1 Å². The Balaban J connectivity index is 1.78. The van der Waals surface area contributed by atoms with Crippen LogP contribution in [0, 0.1) is 0 Å². The molecule has 0 unspecified atom stereocenters. The number of hydrogen-bond donors (Lipinski definition) is 1. The summed E-state index contributed by atoms with van der Waals surface area (Å²) in [5, 5.41) is 2.79. The average Bonchev–Trinajstić information content (AvgIpc) is 2.80. The lowest BCUT2D eigenvalue weighted by Crippen LogP contribution is -2.41. The van der Waals surface area contributed by atoms with Crippen LogP contribution in [-0.2, 0) is 20.0 Å². The maximum Gasteiger partial charge on any atom is 0.343 e. The summed E-state index contributed by atoms with van der Waals surface area (Å²) in [6.45, 7) is 4.01. The van der Waals surface area contributed by atoms with Gasteiger partial charge in [0.25, 0.3) is 0 Å². The number of carbonyl (C=O) groups excluding carboxylic acids is 3.